The van der Waals surface area contributed by atoms with Gasteiger partial charge in [-0.05, 0) is 30.5 Å². The van der Waals surface area contributed by atoms with Gasteiger partial charge in [-0.3, -0.25) is 4.79 Å². The summed E-state index contributed by atoms with van der Waals surface area (Å²) in [6.45, 7) is 2.35. The van der Waals surface area contributed by atoms with Crippen molar-refractivity contribution in [3.05, 3.63) is 34.9 Å². The van der Waals surface area contributed by atoms with Crippen LogP contribution >= 0.6 is 11.6 Å². The van der Waals surface area contributed by atoms with Crippen molar-refractivity contribution in [3.63, 3.8) is 0 Å². The van der Waals surface area contributed by atoms with Crippen LogP contribution in [0, 0.1) is 0 Å². The molecule has 0 aromatic heterocycles. The van der Waals surface area contributed by atoms with E-state index in [-0.39, 0.29) is 5.91 Å². The zero-order valence-corrected chi connectivity index (χ0v) is 11.4. The molecule has 100 valence electrons. The van der Waals surface area contributed by atoms with E-state index >= 15 is 0 Å². The summed E-state index contributed by atoms with van der Waals surface area (Å²) in [5.41, 5.74) is 1.09. The summed E-state index contributed by atoms with van der Waals surface area (Å²) >= 11 is 5.78. The van der Waals surface area contributed by atoms with Crippen molar-refractivity contribution in [1.82, 2.24) is 5.32 Å². The quantitative estimate of drug-likeness (QED) is 0.799. The predicted molar refractivity (Wildman–Crippen MR) is 73.7 cm³/mol. The minimum absolute atomic E-state index is 0.0277. The molecular formula is C14H20ClNO2. The molecule has 1 aromatic rings. The first-order valence-corrected chi connectivity index (χ1v) is 6.68. The van der Waals surface area contributed by atoms with Crippen LogP contribution in [0.15, 0.2) is 24.3 Å². The lowest BCUT2D eigenvalue weighted by molar-refractivity contribution is -0.121. The maximum Gasteiger partial charge on any atom is 0.220 e. The van der Waals surface area contributed by atoms with Crippen molar-refractivity contribution in [2.24, 2.45) is 0 Å². The van der Waals surface area contributed by atoms with E-state index in [4.69, 9.17) is 11.6 Å². The number of nitrogens with one attached hydrogen (secondary N) is 1. The van der Waals surface area contributed by atoms with E-state index in [9.17, 15) is 9.90 Å². The molecule has 3 nitrogen and oxygen atoms in total. The van der Waals surface area contributed by atoms with Gasteiger partial charge in [0.15, 0.2) is 0 Å². The summed E-state index contributed by atoms with van der Waals surface area (Å²) in [4.78, 5) is 11.5. The van der Waals surface area contributed by atoms with Gasteiger partial charge in [0, 0.05) is 18.0 Å². The number of amides is 1. The van der Waals surface area contributed by atoms with Crippen LogP contribution in [0.25, 0.3) is 0 Å². The topological polar surface area (TPSA) is 49.3 Å². The van der Waals surface area contributed by atoms with Gasteiger partial charge in [-0.15, -0.1) is 0 Å². The fourth-order valence-corrected chi connectivity index (χ4v) is 1.79. The van der Waals surface area contributed by atoms with Crippen molar-refractivity contribution in [3.8, 4) is 0 Å². The number of carbonyl (C=O) groups excluding carboxylic acids is 1. The average molecular weight is 270 g/mol. The van der Waals surface area contributed by atoms with Crippen molar-refractivity contribution in [2.75, 3.05) is 6.54 Å². The van der Waals surface area contributed by atoms with Gasteiger partial charge in [0.2, 0.25) is 5.91 Å². The van der Waals surface area contributed by atoms with E-state index in [1.807, 2.05) is 31.2 Å². The lowest BCUT2D eigenvalue weighted by Gasteiger charge is -2.10. The Morgan fingerprint density at radius 1 is 1.39 bits per heavy atom. The van der Waals surface area contributed by atoms with E-state index in [0.717, 1.165) is 18.4 Å². The van der Waals surface area contributed by atoms with E-state index in [0.29, 0.717) is 24.4 Å². The van der Waals surface area contributed by atoms with Gasteiger partial charge in [0.25, 0.3) is 0 Å². The summed E-state index contributed by atoms with van der Waals surface area (Å²) in [6.07, 6.45) is 2.32. The number of rotatable bonds is 7. The number of hydrogen-bond donors (Lipinski definition) is 2. The maximum absolute atomic E-state index is 11.5. The minimum atomic E-state index is -0.436. The fourth-order valence-electron chi connectivity index (χ4n) is 1.66. The Kier molecular flexibility index (Phi) is 6.76. The lowest BCUT2D eigenvalue weighted by atomic mass is 10.1. The molecule has 0 saturated heterocycles. The molecule has 0 aliphatic heterocycles. The van der Waals surface area contributed by atoms with Crippen LogP contribution in [0.1, 0.15) is 31.7 Å². The van der Waals surface area contributed by atoms with Gasteiger partial charge in [-0.2, -0.15) is 0 Å². The van der Waals surface area contributed by atoms with Crippen LogP contribution in [0.5, 0.6) is 0 Å². The Bertz CT molecular complexity index is 365. The summed E-state index contributed by atoms with van der Waals surface area (Å²) in [6, 6.07) is 7.47. The van der Waals surface area contributed by atoms with Gasteiger partial charge in [-0.1, -0.05) is 37.1 Å². The number of aliphatic hydroxyl groups is 1. The smallest absolute Gasteiger partial charge is 0.220 e. The zero-order chi connectivity index (χ0) is 13.4. The molecule has 0 saturated carbocycles. The third-order valence-electron chi connectivity index (χ3n) is 2.71. The monoisotopic (exact) mass is 269 g/mol. The lowest BCUT2D eigenvalue weighted by Crippen LogP contribution is -2.32. The van der Waals surface area contributed by atoms with Gasteiger partial charge in [0.05, 0.1) is 6.10 Å². The van der Waals surface area contributed by atoms with Gasteiger partial charge >= 0.3 is 0 Å². The number of hydrogen-bond acceptors (Lipinski definition) is 2. The molecule has 1 unspecified atom stereocenters. The number of carbonyl (C=O) groups is 1. The molecule has 0 radical (unpaired) electrons. The first-order valence-electron chi connectivity index (χ1n) is 6.31. The molecule has 18 heavy (non-hydrogen) atoms. The number of aliphatic hydroxyl groups excluding tert-OH is 1. The largest absolute Gasteiger partial charge is 0.391 e. The highest BCUT2D eigenvalue weighted by Crippen LogP contribution is 2.10. The van der Waals surface area contributed by atoms with Crippen molar-refractivity contribution < 1.29 is 9.90 Å². The normalized spacial score (nSPS) is 12.2. The summed E-state index contributed by atoms with van der Waals surface area (Å²) in [7, 11) is 0. The van der Waals surface area contributed by atoms with Crippen LogP contribution in [0.3, 0.4) is 0 Å². The second-order valence-electron chi connectivity index (χ2n) is 4.37. The Morgan fingerprint density at radius 3 is 2.67 bits per heavy atom. The SMILES string of the molecule is CCCC(O)CNC(=O)CCc1ccc(Cl)cc1. The van der Waals surface area contributed by atoms with Crippen LogP contribution in [0.4, 0.5) is 0 Å². The number of benzene rings is 1. The number of halogens is 1. The van der Waals surface area contributed by atoms with E-state index in [1.165, 1.54) is 0 Å². The molecular weight excluding hydrogens is 250 g/mol. The molecule has 0 aliphatic carbocycles. The van der Waals surface area contributed by atoms with Gasteiger partial charge < -0.3 is 10.4 Å². The third-order valence-corrected chi connectivity index (χ3v) is 2.96. The average Bonchev–Trinajstić information content (AvgIpc) is 2.36. The van der Waals surface area contributed by atoms with Crippen molar-refractivity contribution in [1.29, 1.82) is 0 Å². The van der Waals surface area contributed by atoms with E-state index in [1.54, 1.807) is 0 Å². The Labute approximate surface area is 113 Å². The first kappa shape index (κ1) is 15.0. The highest BCUT2D eigenvalue weighted by molar-refractivity contribution is 6.30. The van der Waals surface area contributed by atoms with E-state index in [2.05, 4.69) is 5.32 Å². The Balaban J connectivity index is 2.22. The van der Waals surface area contributed by atoms with Crippen molar-refractivity contribution >= 4 is 17.5 Å². The van der Waals surface area contributed by atoms with Gasteiger partial charge in [0.1, 0.15) is 0 Å². The summed E-state index contributed by atoms with van der Waals surface area (Å²) < 4.78 is 0. The van der Waals surface area contributed by atoms with E-state index < -0.39 is 6.10 Å². The van der Waals surface area contributed by atoms with Crippen LogP contribution < -0.4 is 5.32 Å². The standard InChI is InChI=1S/C14H20ClNO2/c1-2-3-13(17)10-16-14(18)9-6-11-4-7-12(15)8-5-11/h4-5,7-8,13,17H,2-3,6,9-10H2,1H3,(H,16,18). The fraction of sp³-hybridized carbons (Fsp3) is 0.500. The highest BCUT2D eigenvalue weighted by Gasteiger charge is 2.06. The molecule has 0 spiro atoms. The summed E-state index contributed by atoms with van der Waals surface area (Å²) in [5, 5.41) is 12.9. The molecule has 1 rings (SSSR count). The molecule has 0 bridgehead atoms. The van der Waals surface area contributed by atoms with Crippen LogP contribution in [-0.4, -0.2) is 23.7 Å². The molecule has 1 atom stereocenters. The molecule has 0 heterocycles. The molecule has 2 N–H and O–H groups in total. The first-order chi connectivity index (χ1) is 8.61. The van der Waals surface area contributed by atoms with Crippen LogP contribution in [-0.2, 0) is 11.2 Å². The Hall–Kier alpha value is -1.06. The molecule has 0 aliphatic rings. The second kappa shape index (κ2) is 8.11. The maximum atomic E-state index is 11.5. The molecule has 0 fully saturated rings. The predicted octanol–water partition coefficient (Wildman–Crippen LogP) is 2.55. The molecule has 4 heteroatoms. The number of aryl methyl sites for hydroxylation is 1. The molecule has 1 aromatic carbocycles. The third kappa shape index (κ3) is 6.03. The van der Waals surface area contributed by atoms with Crippen molar-refractivity contribution in [2.45, 2.75) is 38.7 Å². The minimum Gasteiger partial charge on any atom is -0.391 e. The summed E-state index contributed by atoms with van der Waals surface area (Å²) in [5.74, 6) is -0.0277. The highest BCUT2D eigenvalue weighted by atomic mass is 35.5. The second-order valence-corrected chi connectivity index (χ2v) is 4.81. The Morgan fingerprint density at radius 2 is 2.06 bits per heavy atom. The zero-order valence-electron chi connectivity index (χ0n) is 10.7. The van der Waals surface area contributed by atoms with Gasteiger partial charge in [-0.25, -0.2) is 0 Å². The van der Waals surface area contributed by atoms with Crippen LogP contribution in [0.2, 0.25) is 5.02 Å². The molecule has 1 amide bonds.